The number of benzene rings is 1. The minimum atomic E-state index is -1.38. The lowest BCUT2D eigenvalue weighted by molar-refractivity contribution is -0.166. The molecule has 1 fully saturated rings. The van der Waals surface area contributed by atoms with Gasteiger partial charge in [-0.3, -0.25) is 0 Å². The third-order valence-electron chi connectivity index (χ3n) is 3.96. The fourth-order valence-corrected chi connectivity index (χ4v) is 3.10. The zero-order valence-corrected chi connectivity index (χ0v) is 13.4. The molecule has 1 aliphatic carbocycles. The first-order chi connectivity index (χ1) is 10.5. The molecule has 1 heterocycles. The minimum Gasteiger partial charge on any atom is -0.459 e. The Labute approximate surface area is 135 Å². The van der Waals surface area contributed by atoms with Crippen molar-refractivity contribution in [1.29, 1.82) is 0 Å². The summed E-state index contributed by atoms with van der Waals surface area (Å²) in [6.45, 7) is -0.0646. The Morgan fingerprint density at radius 1 is 1.32 bits per heavy atom. The molecule has 2 aromatic rings. The van der Waals surface area contributed by atoms with Gasteiger partial charge in [-0.15, -0.1) is 0 Å². The predicted octanol–water partition coefficient (Wildman–Crippen LogP) is 2.90. The largest absolute Gasteiger partial charge is 0.459 e. The quantitative estimate of drug-likeness (QED) is 0.667. The molecule has 0 radical (unpaired) electrons. The fourth-order valence-electron chi connectivity index (χ4n) is 2.76. The van der Waals surface area contributed by atoms with Crippen molar-refractivity contribution in [2.24, 2.45) is 0 Å². The summed E-state index contributed by atoms with van der Waals surface area (Å²) in [5, 5.41) is 10.9. The molecule has 0 bridgehead atoms. The van der Waals surface area contributed by atoms with Crippen LogP contribution >= 0.6 is 15.9 Å². The molecule has 1 aromatic heterocycles. The van der Waals surface area contributed by atoms with Crippen LogP contribution in [0.15, 0.2) is 37.9 Å². The van der Waals surface area contributed by atoms with Crippen LogP contribution in [0.3, 0.4) is 0 Å². The Hall–Kier alpha value is -1.66. The maximum absolute atomic E-state index is 12.0. The van der Waals surface area contributed by atoms with Crippen LogP contribution in [-0.4, -0.2) is 16.7 Å². The fraction of sp³-hybridized carbons (Fsp3) is 0.375. The van der Waals surface area contributed by atoms with E-state index in [9.17, 15) is 14.7 Å². The van der Waals surface area contributed by atoms with Gasteiger partial charge in [-0.05, 0) is 43.9 Å². The number of hydrogen-bond donors (Lipinski definition) is 1. The van der Waals surface area contributed by atoms with E-state index in [2.05, 4.69) is 15.9 Å². The molecule has 0 unspecified atom stereocenters. The van der Waals surface area contributed by atoms with Gasteiger partial charge < -0.3 is 14.3 Å². The molecule has 1 aromatic carbocycles. The maximum atomic E-state index is 12.0. The summed E-state index contributed by atoms with van der Waals surface area (Å²) in [6, 6.07) is 6.60. The van der Waals surface area contributed by atoms with E-state index in [4.69, 9.17) is 9.15 Å². The van der Waals surface area contributed by atoms with Gasteiger partial charge >= 0.3 is 11.6 Å². The lowest BCUT2D eigenvalue weighted by Crippen LogP contribution is -2.36. The van der Waals surface area contributed by atoms with Gasteiger partial charge in [0.15, 0.2) is 5.60 Å². The van der Waals surface area contributed by atoms with Crippen molar-refractivity contribution in [3.63, 3.8) is 0 Å². The Balaban J connectivity index is 1.85. The Kier molecular flexibility index (Phi) is 4.06. The van der Waals surface area contributed by atoms with Gasteiger partial charge in [0.25, 0.3) is 0 Å². The number of fused-ring (bicyclic) bond motifs is 1. The highest BCUT2D eigenvalue weighted by atomic mass is 79.9. The van der Waals surface area contributed by atoms with Gasteiger partial charge in [0.05, 0.1) is 0 Å². The number of esters is 1. The van der Waals surface area contributed by atoms with Crippen LogP contribution < -0.4 is 5.63 Å². The summed E-state index contributed by atoms with van der Waals surface area (Å²) >= 11 is 3.32. The van der Waals surface area contributed by atoms with Crippen molar-refractivity contribution in [2.75, 3.05) is 0 Å². The maximum Gasteiger partial charge on any atom is 0.338 e. The smallest absolute Gasteiger partial charge is 0.338 e. The average Bonchev–Trinajstić information content (AvgIpc) is 2.92. The molecule has 5 nitrogen and oxygen atoms in total. The standard InChI is InChI=1S/C16H15BrO5/c17-11-3-4-12-10(7-14(18)22-13(12)8-11)9-21-15(19)16(20)5-1-2-6-16/h3-4,7-8,20H,1-2,5-6,9H2. The summed E-state index contributed by atoms with van der Waals surface area (Å²) in [5.41, 5.74) is -0.893. The van der Waals surface area contributed by atoms with Crippen molar-refractivity contribution in [2.45, 2.75) is 37.9 Å². The summed E-state index contributed by atoms with van der Waals surface area (Å²) in [7, 11) is 0. The monoisotopic (exact) mass is 366 g/mol. The highest BCUT2D eigenvalue weighted by Gasteiger charge is 2.40. The zero-order valence-electron chi connectivity index (χ0n) is 11.8. The molecular weight excluding hydrogens is 352 g/mol. The van der Waals surface area contributed by atoms with Crippen molar-refractivity contribution in [3.05, 3.63) is 44.7 Å². The second-order valence-electron chi connectivity index (χ2n) is 5.55. The normalized spacial score (nSPS) is 16.8. The topological polar surface area (TPSA) is 76.7 Å². The summed E-state index contributed by atoms with van der Waals surface area (Å²) < 4.78 is 11.2. The predicted molar refractivity (Wildman–Crippen MR) is 83.4 cm³/mol. The third kappa shape index (κ3) is 2.94. The number of halogens is 1. The van der Waals surface area contributed by atoms with E-state index >= 15 is 0 Å². The van der Waals surface area contributed by atoms with E-state index in [0.29, 0.717) is 29.4 Å². The van der Waals surface area contributed by atoms with Crippen LogP contribution in [0.4, 0.5) is 0 Å². The van der Waals surface area contributed by atoms with Crippen molar-refractivity contribution >= 4 is 32.9 Å². The summed E-state index contributed by atoms with van der Waals surface area (Å²) in [6.07, 6.45) is 2.49. The molecule has 3 rings (SSSR count). The molecule has 6 heteroatoms. The number of hydrogen-bond acceptors (Lipinski definition) is 5. The molecule has 22 heavy (non-hydrogen) atoms. The molecule has 0 amide bonds. The Morgan fingerprint density at radius 2 is 2.05 bits per heavy atom. The van der Waals surface area contributed by atoms with Gasteiger partial charge in [-0.2, -0.15) is 0 Å². The van der Waals surface area contributed by atoms with Gasteiger partial charge in [0, 0.05) is 21.5 Å². The van der Waals surface area contributed by atoms with E-state index < -0.39 is 17.2 Å². The van der Waals surface area contributed by atoms with E-state index in [1.54, 1.807) is 12.1 Å². The Bertz CT molecular complexity index is 774. The van der Waals surface area contributed by atoms with Gasteiger partial charge in [-0.1, -0.05) is 15.9 Å². The first kappa shape index (κ1) is 15.2. The second-order valence-corrected chi connectivity index (χ2v) is 6.46. The number of aliphatic hydroxyl groups is 1. The van der Waals surface area contributed by atoms with Crippen molar-refractivity contribution in [1.82, 2.24) is 0 Å². The van der Waals surface area contributed by atoms with E-state index in [1.807, 2.05) is 6.07 Å². The van der Waals surface area contributed by atoms with Gasteiger partial charge in [-0.25, -0.2) is 9.59 Å². The number of rotatable bonds is 3. The minimum absolute atomic E-state index is 0.0646. The van der Waals surface area contributed by atoms with Crippen LogP contribution in [-0.2, 0) is 16.1 Å². The summed E-state index contributed by atoms with van der Waals surface area (Å²) in [5.74, 6) is -0.622. The molecule has 0 aliphatic heterocycles. The number of ether oxygens (including phenoxy) is 1. The molecule has 0 saturated heterocycles. The first-order valence-electron chi connectivity index (χ1n) is 7.10. The average molecular weight is 367 g/mol. The highest BCUT2D eigenvalue weighted by Crippen LogP contribution is 2.31. The molecule has 0 spiro atoms. The van der Waals surface area contributed by atoms with E-state index in [0.717, 1.165) is 17.3 Å². The van der Waals surface area contributed by atoms with Crippen molar-refractivity contribution in [3.8, 4) is 0 Å². The molecule has 1 N–H and O–H groups in total. The first-order valence-corrected chi connectivity index (χ1v) is 7.89. The molecule has 1 aliphatic rings. The summed E-state index contributed by atoms with van der Waals surface area (Å²) in [4.78, 5) is 23.6. The van der Waals surface area contributed by atoms with Crippen LogP contribution in [0, 0.1) is 0 Å². The number of carbonyl (C=O) groups is 1. The lowest BCUT2D eigenvalue weighted by Gasteiger charge is -2.19. The van der Waals surface area contributed by atoms with Gasteiger partial charge in [0.2, 0.25) is 0 Å². The molecular formula is C16H15BrO5. The van der Waals surface area contributed by atoms with Crippen molar-refractivity contribution < 1.29 is 19.1 Å². The van der Waals surface area contributed by atoms with Crippen LogP contribution in [0.25, 0.3) is 11.0 Å². The van der Waals surface area contributed by atoms with E-state index in [1.165, 1.54) is 6.07 Å². The van der Waals surface area contributed by atoms with Crippen LogP contribution in [0.2, 0.25) is 0 Å². The van der Waals surface area contributed by atoms with E-state index in [-0.39, 0.29) is 6.61 Å². The zero-order chi connectivity index (χ0) is 15.7. The lowest BCUT2D eigenvalue weighted by atomic mass is 10.0. The molecule has 1 saturated carbocycles. The van der Waals surface area contributed by atoms with Gasteiger partial charge in [0.1, 0.15) is 12.2 Å². The second kappa shape index (κ2) is 5.85. The number of carbonyl (C=O) groups excluding carboxylic acids is 1. The highest BCUT2D eigenvalue weighted by molar-refractivity contribution is 9.10. The van der Waals surface area contributed by atoms with Crippen LogP contribution in [0.1, 0.15) is 31.2 Å². The third-order valence-corrected chi connectivity index (χ3v) is 4.45. The molecule has 116 valence electrons. The Morgan fingerprint density at radius 3 is 2.77 bits per heavy atom. The molecule has 0 atom stereocenters. The SMILES string of the molecule is O=C(OCc1cc(=O)oc2cc(Br)ccc12)C1(O)CCCC1. The van der Waals surface area contributed by atoms with Crippen LogP contribution in [0.5, 0.6) is 0 Å².